The molecule has 1 aromatic carbocycles. The van der Waals surface area contributed by atoms with Gasteiger partial charge in [-0.15, -0.1) is 0 Å². The molecule has 0 spiro atoms. The number of benzene rings is 1. The van der Waals surface area contributed by atoms with E-state index in [0.717, 1.165) is 23.7 Å². The van der Waals surface area contributed by atoms with Gasteiger partial charge in [-0.05, 0) is 36.5 Å². The molecule has 1 aliphatic heterocycles. The normalized spacial score (nSPS) is 15.4. The van der Waals surface area contributed by atoms with Crippen LogP contribution in [0.5, 0.6) is 0 Å². The van der Waals surface area contributed by atoms with Crippen LogP contribution in [0.25, 0.3) is 0 Å². The van der Waals surface area contributed by atoms with Crippen molar-refractivity contribution in [1.82, 2.24) is 5.32 Å². The predicted octanol–water partition coefficient (Wildman–Crippen LogP) is 1.70. The van der Waals surface area contributed by atoms with Gasteiger partial charge in [-0.2, -0.15) is 0 Å². The Kier molecular flexibility index (Phi) is 5.89. The maximum atomic E-state index is 5.83. The van der Waals surface area contributed by atoms with Crippen LogP contribution in [0.3, 0.4) is 0 Å². The molecule has 1 aliphatic rings. The second-order valence-electron chi connectivity index (χ2n) is 4.95. The number of thiocarbonyl (C=S) groups is 1. The summed E-state index contributed by atoms with van der Waals surface area (Å²) in [7, 11) is 0. The van der Waals surface area contributed by atoms with Gasteiger partial charge in [0.15, 0.2) is 5.11 Å². The van der Waals surface area contributed by atoms with Crippen molar-refractivity contribution < 1.29 is 4.90 Å². The van der Waals surface area contributed by atoms with Crippen LogP contribution in [0.15, 0.2) is 24.3 Å². The van der Waals surface area contributed by atoms with Crippen molar-refractivity contribution in [3.05, 3.63) is 29.3 Å². The van der Waals surface area contributed by atoms with Crippen LogP contribution >= 0.6 is 23.8 Å². The monoisotopic (exact) mass is 298 g/mol. The average Bonchev–Trinajstić information content (AvgIpc) is 2.91. The van der Waals surface area contributed by atoms with E-state index in [1.54, 1.807) is 4.90 Å². The van der Waals surface area contributed by atoms with Gasteiger partial charge in [0.25, 0.3) is 0 Å². The van der Waals surface area contributed by atoms with Crippen molar-refractivity contribution in [2.24, 2.45) is 0 Å². The fourth-order valence-electron chi connectivity index (χ4n) is 2.37. The minimum Gasteiger partial charge on any atom is -0.362 e. The van der Waals surface area contributed by atoms with Gasteiger partial charge in [-0.1, -0.05) is 11.6 Å². The van der Waals surface area contributed by atoms with Crippen LogP contribution in [0.1, 0.15) is 19.3 Å². The second kappa shape index (κ2) is 7.68. The van der Waals surface area contributed by atoms with E-state index in [0.29, 0.717) is 5.11 Å². The lowest BCUT2D eigenvalue weighted by Gasteiger charge is -2.13. The SMILES string of the molecule is S=C(NCCC[NH+]1CCCC1)Nc1ccc(Cl)cc1. The Morgan fingerprint density at radius 2 is 1.89 bits per heavy atom. The van der Waals surface area contributed by atoms with Crippen molar-refractivity contribution in [2.45, 2.75) is 19.3 Å². The maximum Gasteiger partial charge on any atom is 0.170 e. The molecule has 1 fully saturated rings. The summed E-state index contributed by atoms with van der Waals surface area (Å²) in [4.78, 5) is 1.73. The molecule has 3 N–H and O–H groups in total. The topological polar surface area (TPSA) is 28.5 Å². The molecular formula is C14H21ClN3S+. The second-order valence-corrected chi connectivity index (χ2v) is 5.79. The lowest BCUT2D eigenvalue weighted by Crippen LogP contribution is -3.10. The minimum atomic E-state index is 0.679. The molecule has 3 nitrogen and oxygen atoms in total. The third kappa shape index (κ3) is 5.35. The van der Waals surface area contributed by atoms with Crippen molar-refractivity contribution >= 4 is 34.6 Å². The smallest absolute Gasteiger partial charge is 0.170 e. The Labute approximate surface area is 125 Å². The molecule has 1 heterocycles. The summed E-state index contributed by atoms with van der Waals surface area (Å²) in [5, 5.41) is 7.81. The fraction of sp³-hybridized carbons (Fsp3) is 0.500. The van der Waals surface area contributed by atoms with Gasteiger partial charge in [0.05, 0.1) is 19.6 Å². The highest BCUT2D eigenvalue weighted by atomic mass is 35.5. The van der Waals surface area contributed by atoms with Gasteiger partial charge in [0.2, 0.25) is 0 Å². The van der Waals surface area contributed by atoms with E-state index in [4.69, 9.17) is 23.8 Å². The summed E-state index contributed by atoms with van der Waals surface area (Å²) in [5.74, 6) is 0. The van der Waals surface area contributed by atoms with Crippen LogP contribution in [-0.2, 0) is 0 Å². The zero-order valence-corrected chi connectivity index (χ0v) is 12.6. The quantitative estimate of drug-likeness (QED) is 0.571. The Morgan fingerprint density at radius 1 is 1.21 bits per heavy atom. The Morgan fingerprint density at radius 3 is 2.58 bits per heavy atom. The van der Waals surface area contributed by atoms with Gasteiger partial charge in [-0.25, -0.2) is 0 Å². The lowest BCUT2D eigenvalue weighted by atomic mass is 10.3. The van der Waals surface area contributed by atoms with Crippen molar-refractivity contribution in [1.29, 1.82) is 0 Å². The van der Waals surface area contributed by atoms with E-state index in [2.05, 4.69) is 10.6 Å². The van der Waals surface area contributed by atoms with E-state index >= 15 is 0 Å². The summed E-state index contributed by atoms with van der Waals surface area (Å²) in [5.41, 5.74) is 0.965. The van der Waals surface area contributed by atoms with Crippen molar-refractivity contribution in [2.75, 3.05) is 31.5 Å². The minimum absolute atomic E-state index is 0.679. The Balaban J connectivity index is 1.60. The summed E-state index contributed by atoms with van der Waals surface area (Å²) in [6.45, 7) is 4.86. The molecule has 0 radical (unpaired) electrons. The third-order valence-electron chi connectivity index (χ3n) is 3.41. The summed E-state index contributed by atoms with van der Waals surface area (Å²) in [6, 6.07) is 7.54. The fourth-order valence-corrected chi connectivity index (χ4v) is 2.72. The van der Waals surface area contributed by atoms with E-state index in [1.165, 1.54) is 32.5 Å². The number of halogens is 1. The summed E-state index contributed by atoms with van der Waals surface area (Å²) >= 11 is 11.1. The van der Waals surface area contributed by atoms with Crippen LogP contribution in [0, 0.1) is 0 Å². The molecule has 2 rings (SSSR count). The molecule has 1 saturated heterocycles. The number of hydrogen-bond acceptors (Lipinski definition) is 1. The molecule has 104 valence electrons. The number of nitrogens with one attached hydrogen (secondary N) is 3. The van der Waals surface area contributed by atoms with Gasteiger partial charge in [0, 0.05) is 36.5 Å². The highest BCUT2D eigenvalue weighted by Crippen LogP contribution is 2.12. The molecule has 5 heteroatoms. The summed E-state index contributed by atoms with van der Waals surface area (Å²) < 4.78 is 0. The van der Waals surface area contributed by atoms with E-state index < -0.39 is 0 Å². The largest absolute Gasteiger partial charge is 0.362 e. The zero-order chi connectivity index (χ0) is 13.5. The van der Waals surface area contributed by atoms with Gasteiger partial charge in [0.1, 0.15) is 0 Å². The third-order valence-corrected chi connectivity index (χ3v) is 3.90. The van der Waals surface area contributed by atoms with Gasteiger partial charge in [-0.3, -0.25) is 0 Å². The van der Waals surface area contributed by atoms with Crippen LogP contribution in [0.4, 0.5) is 5.69 Å². The Bertz CT molecular complexity index is 402. The Hall–Kier alpha value is -0.840. The van der Waals surface area contributed by atoms with Crippen LogP contribution < -0.4 is 15.5 Å². The predicted molar refractivity (Wildman–Crippen MR) is 85.1 cm³/mol. The van der Waals surface area contributed by atoms with Gasteiger partial charge < -0.3 is 15.5 Å². The molecule has 0 saturated carbocycles. The first-order valence-electron chi connectivity index (χ1n) is 6.88. The number of anilines is 1. The van der Waals surface area contributed by atoms with E-state index in [-0.39, 0.29) is 0 Å². The molecule has 0 unspecified atom stereocenters. The number of quaternary nitrogens is 1. The van der Waals surface area contributed by atoms with Crippen molar-refractivity contribution in [3.63, 3.8) is 0 Å². The first kappa shape index (κ1) is 14.6. The number of rotatable bonds is 5. The van der Waals surface area contributed by atoms with Crippen LogP contribution in [0.2, 0.25) is 5.02 Å². The first-order valence-corrected chi connectivity index (χ1v) is 7.66. The standard InChI is InChI=1S/C14H20ClN3S/c15-12-4-6-13(7-5-12)17-14(19)16-8-3-11-18-9-1-2-10-18/h4-7H,1-3,8-11H2,(H2,16,17,19)/p+1. The van der Waals surface area contributed by atoms with Crippen LogP contribution in [-0.4, -0.2) is 31.3 Å². The first-order chi connectivity index (χ1) is 9.24. The molecular weight excluding hydrogens is 278 g/mol. The van der Waals surface area contributed by atoms with Gasteiger partial charge >= 0.3 is 0 Å². The highest BCUT2D eigenvalue weighted by molar-refractivity contribution is 7.80. The van der Waals surface area contributed by atoms with Crippen molar-refractivity contribution in [3.8, 4) is 0 Å². The molecule has 0 bridgehead atoms. The molecule has 19 heavy (non-hydrogen) atoms. The zero-order valence-electron chi connectivity index (χ0n) is 11.0. The average molecular weight is 299 g/mol. The van der Waals surface area contributed by atoms with E-state index in [9.17, 15) is 0 Å². The molecule has 0 amide bonds. The molecule has 0 aromatic heterocycles. The number of hydrogen-bond donors (Lipinski definition) is 3. The summed E-state index contributed by atoms with van der Waals surface area (Å²) in [6.07, 6.45) is 3.94. The molecule has 0 atom stereocenters. The highest BCUT2D eigenvalue weighted by Gasteiger charge is 2.13. The lowest BCUT2D eigenvalue weighted by molar-refractivity contribution is -0.887. The molecule has 0 aliphatic carbocycles. The molecule has 1 aromatic rings. The number of likely N-dealkylation sites (tertiary alicyclic amines) is 1. The van der Waals surface area contributed by atoms with E-state index in [1.807, 2.05) is 24.3 Å². The maximum absolute atomic E-state index is 5.83.